The van der Waals surface area contributed by atoms with Crippen molar-refractivity contribution in [2.24, 2.45) is 0 Å². The summed E-state index contributed by atoms with van der Waals surface area (Å²) in [5.41, 5.74) is 3.31. The summed E-state index contributed by atoms with van der Waals surface area (Å²) in [6.07, 6.45) is 4.56. The summed E-state index contributed by atoms with van der Waals surface area (Å²) in [5.74, 6) is 0.884. The third-order valence-electron chi connectivity index (χ3n) is 3.90. The van der Waals surface area contributed by atoms with E-state index in [4.69, 9.17) is 4.98 Å². The molecule has 0 radical (unpaired) electrons. The standard InChI is InChI=1S/C17H18N4/c1-12-8-9-21(20-12)17-10-13(11-18-14-6-7-14)15-4-2-3-5-16(15)19-17/h2-5,8-10,14,18H,6-7,11H2,1H3. The molecule has 0 saturated heterocycles. The van der Waals surface area contributed by atoms with Gasteiger partial charge in [-0.15, -0.1) is 0 Å². The number of benzene rings is 1. The molecule has 0 atom stereocenters. The Hall–Kier alpha value is -2.20. The molecule has 2 aromatic heterocycles. The molecule has 3 aromatic rings. The maximum absolute atomic E-state index is 4.73. The Labute approximate surface area is 123 Å². The van der Waals surface area contributed by atoms with Crippen molar-refractivity contribution in [2.45, 2.75) is 32.4 Å². The Morgan fingerprint density at radius 1 is 1.24 bits per heavy atom. The highest BCUT2D eigenvalue weighted by atomic mass is 15.3. The van der Waals surface area contributed by atoms with Gasteiger partial charge in [-0.05, 0) is 43.5 Å². The highest BCUT2D eigenvalue weighted by Gasteiger charge is 2.20. The summed E-state index contributed by atoms with van der Waals surface area (Å²) in [4.78, 5) is 4.73. The van der Waals surface area contributed by atoms with Gasteiger partial charge in [-0.25, -0.2) is 9.67 Å². The number of pyridine rings is 1. The first-order valence-corrected chi connectivity index (χ1v) is 7.44. The van der Waals surface area contributed by atoms with Crippen LogP contribution in [0, 0.1) is 6.92 Å². The van der Waals surface area contributed by atoms with Crippen molar-refractivity contribution in [3.63, 3.8) is 0 Å². The van der Waals surface area contributed by atoms with Crippen LogP contribution in [0.3, 0.4) is 0 Å². The minimum Gasteiger partial charge on any atom is -0.310 e. The Morgan fingerprint density at radius 3 is 2.86 bits per heavy atom. The number of rotatable bonds is 4. The van der Waals surface area contributed by atoms with Crippen LogP contribution in [-0.2, 0) is 6.54 Å². The number of aromatic nitrogens is 3. The number of hydrogen-bond acceptors (Lipinski definition) is 3. The second-order valence-corrected chi connectivity index (χ2v) is 5.71. The molecule has 0 aliphatic heterocycles. The first kappa shape index (κ1) is 12.5. The van der Waals surface area contributed by atoms with Crippen molar-refractivity contribution < 1.29 is 0 Å². The Morgan fingerprint density at radius 2 is 2.10 bits per heavy atom. The largest absolute Gasteiger partial charge is 0.310 e. The third kappa shape index (κ3) is 2.54. The van der Waals surface area contributed by atoms with E-state index in [2.05, 4.69) is 34.7 Å². The molecular weight excluding hydrogens is 260 g/mol. The van der Waals surface area contributed by atoms with Gasteiger partial charge in [0.05, 0.1) is 11.2 Å². The fourth-order valence-electron chi connectivity index (χ4n) is 2.58. The zero-order valence-corrected chi connectivity index (χ0v) is 12.1. The molecular formula is C17H18N4. The number of fused-ring (bicyclic) bond motifs is 1. The minimum absolute atomic E-state index is 0.701. The lowest BCUT2D eigenvalue weighted by molar-refractivity contribution is 0.689. The fourth-order valence-corrected chi connectivity index (χ4v) is 2.58. The SMILES string of the molecule is Cc1ccn(-c2cc(CNC3CC3)c3ccccc3n2)n1. The normalized spacial score (nSPS) is 14.7. The van der Waals surface area contributed by atoms with Gasteiger partial charge < -0.3 is 5.32 Å². The second-order valence-electron chi connectivity index (χ2n) is 5.71. The highest BCUT2D eigenvalue weighted by molar-refractivity contribution is 5.83. The van der Waals surface area contributed by atoms with Crippen molar-refractivity contribution in [3.05, 3.63) is 53.9 Å². The number of nitrogens with one attached hydrogen (secondary N) is 1. The van der Waals surface area contributed by atoms with Crippen molar-refractivity contribution in [1.29, 1.82) is 0 Å². The van der Waals surface area contributed by atoms with Crippen molar-refractivity contribution in [3.8, 4) is 5.82 Å². The van der Waals surface area contributed by atoms with E-state index in [1.165, 1.54) is 23.8 Å². The summed E-state index contributed by atoms with van der Waals surface area (Å²) < 4.78 is 1.85. The second kappa shape index (κ2) is 4.97. The van der Waals surface area contributed by atoms with Gasteiger partial charge in [0, 0.05) is 24.2 Å². The van der Waals surface area contributed by atoms with Crippen molar-refractivity contribution >= 4 is 10.9 Å². The van der Waals surface area contributed by atoms with Crippen LogP contribution in [-0.4, -0.2) is 20.8 Å². The van der Waals surface area contributed by atoms with E-state index in [0.29, 0.717) is 6.04 Å². The topological polar surface area (TPSA) is 42.7 Å². The molecule has 21 heavy (non-hydrogen) atoms. The molecule has 0 spiro atoms. The van der Waals surface area contributed by atoms with Gasteiger partial charge in [0.25, 0.3) is 0 Å². The monoisotopic (exact) mass is 278 g/mol. The van der Waals surface area contributed by atoms with Crippen LogP contribution in [0.5, 0.6) is 0 Å². The smallest absolute Gasteiger partial charge is 0.154 e. The molecule has 1 saturated carbocycles. The van der Waals surface area contributed by atoms with Crippen LogP contribution in [0.4, 0.5) is 0 Å². The van der Waals surface area contributed by atoms with Gasteiger partial charge >= 0.3 is 0 Å². The fraction of sp³-hybridized carbons (Fsp3) is 0.294. The summed E-state index contributed by atoms with van der Waals surface area (Å²) in [6.45, 7) is 2.88. The number of hydrogen-bond donors (Lipinski definition) is 1. The van der Waals surface area contributed by atoms with E-state index in [-0.39, 0.29) is 0 Å². The number of nitrogens with zero attached hydrogens (tertiary/aromatic N) is 3. The lowest BCUT2D eigenvalue weighted by Gasteiger charge is -2.10. The average Bonchev–Trinajstić information content (AvgIpc) is 3.24. The van der Waals surface area contributed by atoms with Gasteiger partial charge in [-0.2, -0.15) is 5.10 Å². The van der Waals surface area contributed by atoms with Gasteiger partial charge in [-0.3, -0.25) is 0 Å². The molecule has 0 bridgehead atoms. The summed E-state index contributed by atoms with van der Waals surface area (Å²) >= 11 is 0. The van der Waals surface area contributed by atoms with Crippen molar-refractivity contribution in [1.82, 2.24) is 20.1 Å². The van der Waals surface area contributed by atoms with Crippen molar-refractivity contribution in [2.75, 3.05) is 0 Å². The molecule has 1 fully saturated rings. The molecule has 0 unspecified atom stereocenters. The summed E-state index contributed by atoms with van der Waals surface area (Å²) in [7, 11) is 0. The van der Waals surface area contributed by atoms with Crippen LogP contribution < -0.4 is 5.32 Å². The van der Waals surface area contributed by atoms with Gasteiger partial charge in [-0.1, -0.05) is 18.2 Å². The van der Waals surface area contributed by atoms with Crippen LogP contribution in [0.25, 0.3) is 16.7 Å². The molecule has 4 rings (SSSR count). The van der Waals surface area contributed by atoms with Crippen LogP contribution in [0.15, 0.2) is 42.6 Å². The third-order valence-corrected chi connectivity index (χ3v) is 3.90. The maximum atomic E-state index is 4.73. The lowest BCUT2D eigenvalue weighted by Crippen LogP contribution is -2.16. The lowest BCUT2D eigenvalue weighted by atomic mass is 10.1. The van der Waals surface area contributed by atoms with Gasteiger partial charge in [0.15, 0.2) is 5.82 Å². The molecule has 1 aromatic carbocycles. The first-order valence-electron chi connectivity index (χ1n) is 7.44. The van der Waals surface area contributed by atoms with E-state index in [0.717, 1.165) is 23.6 Å². The maximum Gasteiger partial charge on any atom is 0.154 e. The Kier molecular flexibility index (Phi) is 2.97. The Bertz CT molecular complexity index is 786. The highest BCUT2D eigenvalue weighted by Crippen LogP contribution is 2.23. The summed E-state index contributed by atoms with van der Waals surface area (Å²) in [5, 5.41) is 9.28. The predicted octanol–water partition coefficient (Wildman–Crippen LogP) is 2.98. The van der Waals surface area contributed by atoms with Gasteiger partial charge in [0.1, 0.15) is 0 Å². The van der Waals surface area contributed by atoms with E-state index < -0.39 is 0 Å². The molecule has 106 valence electrons. The predicted molar refractivity (Wildman–Crippen MR) is 83.5 cm³/mol. The zero-order chi connectivity index (χ0) is 14.2. The molecule has 4 heteroatoms. The van der Waals surface area contributed by atoms with Crippen LogP contribution in [0.1, 0.15) is 24.1 Å². The Balaban J connectivity index is 1.80. The molecule has 4 nitrogen and oxygen atoms in total. The van der Waals surface area contributed by atoms with E-state index >= 15 is 0 Å². The van der Waals surface area contributed by atoms with Crippen LogP contribution >= 0.6 is 0 Å². The number of aryl methyl sites for hydroxylation is 1. The van der Waals surface area contributed by atoms with E-state index in [1.807, 2.05) is 29.9 Å². The molecule has 1 N–H and O–H groups in total. The van der Waals surface area contributed by atoms with E-state index in [1.54, 1.807) is 0 Å². The quantitative estimate of drug-likeness (QED) is 0.798. The van der Waals surface area contributed by atoms with E-state index in [9.17, 15) is 0 Å². The molecule has 0 amide bonds. The molecule has 1 aliphatic rings. The minimum atomic E-state index is 0.701. The average molecular weight is 278 g/mol. The van der Waals surface area contributed by atoms with Gasteiger partial charge in [0.2, 0.25) is 0 Å². The van der Waals surface area contributed by atoms with Crippen LogP contribution in [0.2, 0.25) is 0 Å². The first-order chi connectivity index (χ1) is 10.3. The summed E-state index contributed by atoms with van der Waals surface area (Å²) in [6, 6.07) is 13.2. The molecule has 2 heterocycles. The number of para-hydroxylation sites is 1. The molecule has 1 aliphatic carbocycles. The zero-order valence-electron chi connectivity index (χ0n) is 12.1.